The maximum absolute atomic E-state index is 12.1. The van der Waals surface area contributed by atoms with Crippen LogP contribution in [0.4, 0.5) is 0 Å². The summed E-state index contributed by atoms with van der Waals surface area (Å²) in [5.74, 6) is 0. The second-order valence-electron chi connectivity index (χ2n) is 4.17. The number of benzene rings is 1. The van der Waals surface area contributed by atoms with Crippen molar-refractivity contribution in [3.63, 3.8) is 0 Å². The minimum Gasteiger partial charge on any atom is -0.293 e. The van der Waals surface area contributed by atoms with E-state index in [1.807, 2.05) is 38.1 Å². The Morgan fingerprint density at radius 2 is 2.17 bits per heavy atom. The number of aromatic nitrogens is 3. The maximum atomic E-state index is 12.1. The van der Waals surface area contributed by atoms with Crippen LogP contribution in [0.15, 0.2) is 29.1 Å². The van der Waals surface area contributed by atoms with Crippen molar-refractivity contribution in [1.82, 2.24) is 14.8 Å². The highest BCUT2D eigenvalue weighted by Crippen LogP contribution is 2.23. The van der Waals surface area contributed by atoms with Crippen molar-refractivity contribution in [1.29, 1.82) is 0 Å². The summed E-state index contributed by atoms with van der Waals surface area (Å²) >= 11 is 1.52. The fourth-order valence-electron chi connectivity index (χ4n) is 2.00. The summed E-state index contributed by atoms with van der Waals surface area (Å²) < 4.78 is 2.63. The molecule has 18 heavy (non-hydrogen) atoms. The zero-order valence-electron chi connectivity index (χ0n) is 10.2. The Morgan fingerprint density at radius 1 is 1.39 bits per heavy atom. The summed E-state index contributed by atoms with van der Waals surface area (Å²) in [4.78, 5) is 16.6. The minimum atomic E-state index is -0.00842. The van der Waals surface area contributed by atoms with Crippen molar-refractivity contribution < 1.29 is 0 Å². The van der Waals surface area contributed by atoms with Crippen molar-refractivity contribution in [3.05, 3.63) is 45.9 Å². The highest BCUT2D eigenvalue weighted by Gasteiger charge is 2.13. The van der Waals surface area contributed by atoms with Gasteiger partial charge in [-0.25, -0.2) is 4.98 Å². The molecule has 0 aliphatic rings. The molecular weight excluding hydrogens is 246 g/mol. The SMILES string of the molecule is CCc1[nH]n(-c2nc3ccccc3s2)c(=O)c1C. The van der Waals surface area contributed by atoms with E-state index < -0.39 is 0 Å². The van der Waals surface area contributed by atoms with Gasteiger partial charge >= 0.3 is 0 Å². The largest absolute Gasteiger partial charge is 0.293 e. The molecular formula is C13H13N3OS. The quantitative estimate of drug-likeness (QED) is 0.769. The smallest absolute Gasteiger partial charge is 0.276 e. The number of para-hydroxylation sites is 1. The molecule has 0 saturated heterocycles. The first kappa shape index (κ1) is 11.2. The van der Waals surface area contributed by atoms with Crippen molar-refractivity contribution in [2.45, 2.75) is 20.3 Å². The summed E-state index contributed by atoms with van der Waals surface area (Å²) in [5, 5.41) is 3.83. The molecule has 0 bridgehead atoms. The van der Waals surface area contributed by atoms with Gasteiger partial charge in [-0.3, -0.25) is 9.89 Å². The summed E-state index contributed by atoms with van der Waals surface area (Å²) in [6.45, 7) is 3.88. The van der Waals surface area contributed by atoms with E-state index in [9.17, 15) is 4.79 Å². The van der Waals surface area contributed by atoms with E-state index in [2.05, 4.69) is 10.1 Å². The normalized spacial score (nSPS) is 11.2. The molecule has 0 radical (unpaired) electrons. The number of nitrogens with zero attached hydrogens (tertiary/aromatic N) is 2. The maximum Gasteiger partial charge on any atom is 0.276 e. The van der Waals surface area contributed by atoms with E-state index in [0.717, 1.165) is 27.9 Å². The average Bonchev–Trinajstić information content (AvgIpc) is 2.92. The lowest BCUT2D eigenvalue weighted by Crippen LogP contribution is -2.15. The Hall–Kier alpha value is -1.88. The number of H-pyrrole nitrogens is 1. The first-order valence-corrected chi connectivity index (χ1v) is 6.68. The standard InChI is InChI=1S/C13H13N3OS/c1-3-9-8(2)12(17)16(15-9)13-14-10-6-4-5-7-11(10)18-13/h4-7,15H,3H2,1-2H3. The Labute approximate surface area is 108 Å². The number of nitrogens with one attached hydrogen (secondary N) is 1. The Balaban J connectivity index is 2.23. The first-order chi connectivity index (χ1) is 8.70. The van der Waals surface area contributed by atoms with Gasteiger partial charge in [-0.1, -0.05) is 30.4 Å². The van der Waals surface area contributed by atoms with Crippen LogP contribution in [0.25, 0.3) is 15.3 Å². The lowest BCUT2D eigenvalue weighted by Gasteiger charge is -1.94. The van der Waals surface area contributed by atoms with Crippen molar-refractivity contribution in [2.24, 2.45) is 0 Å². The summed E-state index contributed by atoms with van der Waals surface area (Å²) in [7, 11) is 0. The molecule has 3 aromatic rings. The first-order valence-electron chi connectivity index (χ1n) is 5.87. The number of fused-ring (bicyclic) bond motifs is 1. The van der Waals surface area contributed by atoms with Gasteiger partial charge in [0.15, 0.2) is 0 Å². The predicted octanol–water partition coefficient (Wildman–Crippen LogP) is 2.65. The Kier molecular flexibility index (Phi) is 2.56. The fourth-order valence-corrected chi connectivity index (χ4v) is 2.93. The molecule has 3 rings (SSSR count). The van der Waals surface area contributed by atoms with Crippen LogP contribution in [0.5, 0.6) is 0 Å². The molecule has 4 nitrogen and oxygen atoms in total. The van der Waals surface area contributed by atoms with E-state index in [1.54, 1.807) is 4.68 Å². The predicted molar refractivity (Wildman–Crippen MR) is 73.7 cm³/mol. The molecule has 1 aromatic carbocycles. The number of hydrogen-bond acceptors (Lipinski definition) is 3. The van der Waals surface area contributed by atoms with Gasteiger partial charge in [0.1, 0.15) is 0 Å². The molecule has 0 amide bonds. The molecule has 0 spiro atoms. The van der Waals surface area contributed by atoms with E-state index in [4.69, 9.17) is 0 Å². The molecule has 0 aliphatic carbocycles. The molecule has 2 heterocycles. The number of hydrogen-bond donors (Lipinski definition) is 1. The van der Waals surface area contributed by atoms with E-state index in [0.29, 0.717) is 5.13 Å². The Morgan fingerprint density at radius 3 is 2.83 bits per heavy atom. The molecule has 0 fully saturated rings. The van der Waals surface area contributed by atoms with Crippen LogP contribution in [0, 0.1) is 6.92 Å². The van der Waals surface area contributed by atoms with Gasteiger partial charge in [0.2, 0.25) is 5.13 Å². The van der Waals surface area contributed by atoms with Gasteiger partial charge < -0.3 is 0 Å². The molecule has 92 valence electrons. The number of rotatable bonds is 2. The third-order valence-corrected chi connectivity index (χ3v) is 4.07. The monoisotopic (exact) mass is 259 g/mol. The highest BCUT2D eigenvalue weighted by atomic mass is 32.1. The zero-order valence-corrected chi connectivity index (χ0v) is 11.0. The van der Waals surface area contributed by atoms with Gasteiger partial charge in [-0.05, 0) is 25.5 Å². The highest BCUT2D eigenvalue weighted by molar-refractivity contribution is 7.20. The lowest BCUT2D eigenvalue weighted by molar-refractivity contribution is 0.814. The topological polar surface area (TPSA) is 50.7 Å². The van der Waals surface area contributed by atoms with Gasteiger partial charge in [-0.15, -0.1) is 0 Å². The second kappa shape index (κ2) is 4.10. The number of thiazole rings is 1. The van der Waals surface area contributed by atoms with Gasteiger partial charge in [0.25, 0.3) is 5.56 Å². The third kappa shape index (κ3) is 1.59. The zero-order chi connectivity index (χ0) is 12.7. The van der Waals surface area contributed by atoms with Crippen molar-refractivity contribution in [3.8, 4) is 5.13 Å². The van der Waals surface area contributed by atoms with Gasteiger partial charge in [0, 0.05) is 11.3 Å². The molecule has 0 saturated carbocycles. The number of aryl methyl sites for hydroxylation is 1. The van der Waals surface area contributed by atoms with E-state index >= 15 is 0 Å². The molecule has 0 aliphatic heterocycles. The molecule has 0 unspecified atom stereocenters. The van der Waals surface area contributed by atoms with Crippen LogP contribution >= 0.6 is 11.3 Å². The molecule has 0 atom stereocenters. The van der Waals surface area contributed by atoms with E-state index in [1.165, 1.54) is 11.3 Å². The van der Waals surface area contributed by atoms with Crippen molar-refractivity contribution >= 4 is 21.6 Å². The molecule has 2 aromatic heterocycles. The van der Waals surface area contributed by atoms with Crippen LogP contribution < -0.4 is 5.56 Å². The molecule has 5 heteroatoms. The average molecular weight is 259 g/mol. The second-order valence-corrected chi connectivity index (χ2v) is 5.18. The van der Waals surface area contributed by atoms with Crippen LogP contribution in [-0.4, -0.2) is 14.8 Å². The number of aromatic amines is 1. The van der Waals surface area contributed by atoms with E-state index in [-0.39, 0.29) is 5.56 Å². The summed E-state index contributed by atoms with van der Waals surface area (Å²) in [5.41, 5.74) is 2.66. The van der Waals surface area contributed by atoms with Crippen LogP contribution in [0.2, 0.25) is 0 Å². The van der Waals surface area contributed by atoms with Gasteiger partial charge in [0.05, 0.1) is 10.2 Å². The van der Waals surface area contributed by atoms with Crippen molar-refractivity contribution in [2.75, 3.05) is 0 Å². The van der Waals surface area contributed by atoms with Crippen LogP contribution in [0.3, 0.4) is 0 Å². The fraction of sp³-hybridized carbons (Fsp3) is 0.231. The summed E-state index contributed by atoms with van der Waals surface area (Å²) in [6, 6.07) is 7.89. The Bertz CT molecular complexity index is 733. The third-order valence-electron chi connectivity index (χ3n) is 3.05. The van der Waals surface area contributed by atoms with Crippen LogP contribution in [0.1, 0.15) is 18.2 Å². The molecule has 1 N–H and O–H groups in total. The van der Waals surface area contributed by atoms with Crippen LogP contribution in [-0.2, 0) is 6.42 Å². The summed E-state index contributed by atoms with van der Waals surface area (Å²) in [6.07, 6.45) is 0.818. The minimum absolute atomic E-state index is 0.00842. The lowest BCUT2D eigenvalue weighted by atomic mass is 10.2. The van der Waals surface area contributed by atoms with Gasteiger partial charge in [-0.2, -0.15) is 4.68 Å².